The predicted molar refractivity (Wildman–Crippen MR) is 50.9 cm³/mol. The summed E-state index contributed by atoms with van der Waals surface area (Å²) < 4.78 is 25.4. The van der Waals surface area contributed by atoms with Gasteiger partial charge in [0.05, 0.1) is 0 Å². The molecule has 0 aliphatic carbocycles. The second kappa shape index (κ2) is 9.38. The third-order valence-corrected chi connectivity index (χ3v) is 1.66. The normalized spacial score (nSPS) is 10.3. The van der Waals surface area contributed by atoms with E-state index in [1.54, 1.807) is 0 Å². The van der Waals surface area contributed by atoms with Crippen LogP contribution in [0.15, 0.2) is 0 Å². The molecule has 0 saturated carbocycles. The van der Waals surface area contributed by atoms with Crippen molar-refractivity contribution in [2.45, 2.75) is 29.9 Å². The van der Waals surface area contributed by atoms with Gasteiger partial charge in [-0.05, 0) is 0 Å². The van der Waals surface area contributed by atoms with Gasteiger partial charge in [0, 0.05) is 11.2 Å². The van der Waals surface area contributed by atoms with Crippen LogP contribution in [0.5, 0.6) is 0 Å². The minimum atomic E-state index is -3.83. The molecule has 0 saturated heterocycles. The monoisotopic (exact) mass is 208 g/mol. The van der Waals surface area contributed by atoms with Crippen LogP contribution in [0.4, 0.5) is 0 Å². The molecule has 0 radical (unpaired) electrons. The van der Waals surface area contributed by atoms with Crippen LogP contribution in [0.25, 0.3) is 0 Å². The summed E-state index contributed by atoms with van der Waals surface area (Å²) in [6.07, 6.45) is 4.30. The van der Waals surface area contributed by atoms with E-state index in [4.69, 9.17) is 13.3 Å². The molecule has 0 spiro atoms. The summed E-state index contributed by atoms with van der Waals surface area (Å²) in [7, 11) is -3.83. The molecule has 6 heteroatoms. The van der Waals surface area contributed by atoms with Crippen molar-refractivity contribution in [2.75, 3.05) is 0 Å². The molecule has 0 atom stereocenters. The Morgan fingerprint density at radius 2 is 1.82 bits per heavy atom. The summed E-state index contributed by atoms with van der Waals surface area (Å²) in [6, 6.07) is 0. The summed E-state index contributed by atoms with van der Waals surface area (Å²) in [5.41, 5.74) is 0. The molecule has 0 aromatic carbocycles. The third kappa shape index (κ3) is 52.9. The van der Waals surface area contributed by atoms with Gasteiger partial charge in [0.15, 0.2) is 0 Å². The van der Waals surface area contributed by atoms with Crippen LogP contribution < -0.4 is 0 Å². The molecule has 11 heavy (non-hydrogen) atoms. The van der Waals surface area contributed by atoms with Gasteiger partial charge in [-0.2, -0.15) is 4.21 Å². The Labute approximate surface area is 90.7 Å². The van der Waals surface area contributed by atoms with Crippen LogP contribution in [-0.4, -0.2) is 41.2 Å². The summed E-state index contributed by atoms with van der Waals surface area (Å²) in [4.78, 5) is 0. The van der Waals surface area contributed by atoms with Gasteiger partial charge in [-0.3, -0.25) is 9.11 Å². The molecule has 0 heterocycles. The molecule has 0 unspecified atom stereocenters. The molecule has 0 aliphatic rings. The smallest absolute Gasteiger partial charge is 0.263 e. The van der Waals surface area contributed by atoms with Gasteiger partial charge < -0.3 is 0 Å². The van der Waals surface area contributed by atoms with E-state index in [1.807, 2.05) is 0 Å². The van der Waals surface area contributed by atoms with E-state index in [2.05, 4.69) is 18.1 Å². The molecule has 64 valence electrons. The minimum Gasteiger partial charge on any atom is -0.285 e. The van der Waals surface area contributed by atoms with Crippen molar-refractivity contribution in [3.8, 4) is 0 Å². The van der Waals surface area contributed by atoms with Gasteiger partial charge in [-0.1, -0.05) is 0 Å². The largest absolute Gasteiger partial charge is 0.285 e. The summed E-state index contributed by atoms with van der Waals surface area (Å²) in [5, 5.41) is 0. The Hall–Kier alpha value is 1.29. The molecule has 0 bridgehead atoms. The van der Waals surface area contributed by atoms with E-state index in [9.17, 15) is 0 Å². The number of hydrogen-bond acceptors (Lipinski definition) is 2. The van der Waals surface area contributed by atoms with E-state index in [1.165, 1.54) is 50.9 Å². The summed E-state index contributed by atoms with van der Waals surface area (Å²) in [6.45, 7) is 2.25. The molecule has 0 aliphatic heterocycles. The van der Waals surface area contributed by atoms with Crippen molar-refractivity contribution >= 4 is 48.2 Å². The van der Waals surface area contributed by atoms with E-state index < -0.39 is 9.05 Å². The van der Waals surface area contributed by atoms with Crippen molar-refractivity contribution in [2.24, 2.45) is 0 Å². The molecule has 0 aromatic heterocycles. The number of unbranched alkanes of at least 4 members (excludes halogenated alkanes) is 2. The van der Waals surface area contributed by atoms with Gasteiger partial charge in [0.2, 0.25) is 0 Å². The standard InChI is InChI=1S/C5H11.Na.H2O3S2/c1-3-5-4-2;;1-5(2,3)4/h1,3-5H2,2H3;;(H2,1,2,3,4). The topological polar surface area (TPSA) is 57.5 Å². The van der Waals surface area contributed by atoms with Crippen molar-refractivity contribution < 1.29 is 13.3 Å². The van der Waals surface area contributed by atoms with E-state index in [0.717, 1.165) is 0 Å². The number of hydrogen-bond donors (Lipinski definition) is 2. The first-order valence-electron chi connectivity index (χ1n) is 3.61. The average Bonchev–Trinajstić information content (AvgIpc) is 1.79. The van der Waals surface area contributed by atoms with Crippen LogP contribution in [0.1, 0.15) is 26.2 Å². The maximum absolute atomic E-state index is 9.11. The maximum atomic E-state index is 9.11. The first-order chi connectivity index (χ1) is 4.91. The van der Waals surface area contributed by atoms with Gasteiger partial charge >= 0.3 is 57.8 Å². The van der Waals surface area contributed by atoms with Crippen molar-refractivity contribution in [3.05, 3.63) is 0 Å². The second-order valence-electron chi connectivity index (χ2n) is 2.15. The molecule has 3 nitrogen and oxygen atoms in total. The molecule has 0 fully saturated rings. The Morgan fingerprint density at radius 1 is 1.45 bits per heavy atom. The van der Waals surface area contributed by atoms with Crippen LogP contribution in [0, 0.1) is 0 Å². The number of rotatable bonds is 3. The van der Waals surface area contributed by atoms with Gasteiger partial charge in [0.25, 0.3) is 9.05 Å². The van der Waals surface area contributed by atoms with Gasteiger partial charge in [-0.25, -0.2) is 0 Å². The summed E-state index contributed by atoms with van der Waals surface area (Å²) >= 11 is 4.87. The van der Waals surface area contributed by atoms with E-state index in [-0.39, 0.29) is 0 Å². The third-order valence-electron chi connectivity index (χ3n) is 0.957. The van der Waals surface area contributed by atoms with Crippen molar-refractivity contribution in [1.82, 2.24) is 0 Å². The average molecular weight is 208 g/mol. The minimum absolute atomic E-state index is 1.38. The van der Waals surface area contributed by atoms with Crippen LogP contribution in [-0.2, 0) is 20.2 Å². The fourth-order valence-corrected chi connectivity index (χ4v) is 1.000. The van der Waals surface area contributed by atoms with Crippen LogP contribution >= 0.6 is 0 Å². The molecular formula is C5H13NaO3S2. The first kappa shape index (κ1) is 14.8. The van der Waals surface area contributed by atoms with Gasteiger partial charge in [0.1, 0.15) is 0 Å². The van der Waals surface area contributed by atoms with E-state index >= 15 is 0 Å². The van der Waals surface area contributed by atoms with Crippen molar-refractivity contribution in [3.63, 3.8) is 0 Å². The Morgan fingerprint density at radius 3 is 1.91 bits per heavy atom. The molecule has 0 rings (SSSR count). The SMILES string of the molecule is CCCC[CH2][Na].O=S(O)(O)=S. The van der Waals surface area contributed by atoms with Crippen LogP contribution in [0.3, 0.4) is 0 Å². The zero-order valence-electron chi connectivity index (χ0n) is 6.95. The molecule has 0 aromatic rings. The zero-order valence-corrected chi connectivity index (χ0v) is 10.6. The Kier molecular flexibility index (Phi) is 12.6. The fraction of sp³-hybridized carbons (Fsp3) is 1.00. The quantitative estimate of drug-likeness (QED) is 0.544. The summed E-state index contributed by atoms with van der Waals surface area (Å²) in [5.74, 6) is 0. The first-order valence-corrected chi connectivity index (χ1v) is 7.42. The molecular weight excluding hydrogens is 195 g/mol. The Balaban J connectivity index is 0. The fourth-order valence-electron chi connectivity index (χ4n) is 0.500. The second-order valence-corrected chi connectivity index (χ2v) is 5.35. The van der Waals surface area contributed by atoms with Crippen LogP contribution in [0.2, 0.25) is 3.67 Å². The van der Waals surface area contributed by atoms with Gasteiger partial charge in [-0.15, -0.1) is 0 Å². The molecule has 2 N–H and O–H groups in total. The Bertz CT molecular complexity index is 143. The van der Waals surface area contributed by atoms with E-state index in [0.29, 0.717) is 0 Å². The molecule has 0 amide bonds. The van der Waals surface area contributed by atoms with Crippen molar-refractivity contribution in [1.29, 1.82) is 0 Å². The zero-order chi connectivity index (χ0) is 9.33. The maximum Gasteiger partial charge on any atom is 0.263 e. The predicted octanol–water partition coefficient (Wildman–Crippen LogP) is 1.44.